The van der Waals surface area contributed by atoms with Crippen molar-refractivity contribution in [3.63, 3.8) is 0 Å². The molecule has 1 fully saturated rings. The first-order valence-electron chi connectivity index (χ1n) is 12.2. The van der Waals surface area contributed by atoms with Gasteiger partial charge >= 0.3 is 0 Å². The zero-order valence-electron chi connectivity index (χ0n) is 20.2. The van der Waals surface area contributed by atoms with Crippen molar-refractivity contribution >= 4 is 34.3 Å². The number of benzene rings is 2. The van der Waals surface area contributed by atoms with Gasteiger partial charge in [-0.3, -0.25) is 4.79 Å². The number of aromatic nitrogens is 2. The molecule has 1 amide bonds. The van der Waals surface area contributed by atoms with Crippen LogP contribution in [0.5, 0.6) is 0 Å². The first kappa shape index (κ1) is 27.3. The monoisotopic (exact) mass is 624 g/mol. The summed E-state index contributed by atoms with van der Waals surface area (Å²) >= 11 is 2.01. The van der Waals surface area contributed by atoms with Crippen molar-refractivity contribution in [3.8, 4) is 11.3 Å². The van der Waals surface area contributed by atoms with Gasteiger partial charge in [0.15, 0.2) is 0 Å². The van der Waals surface area contributed by atoms with Gasteiger partial charge in [-0.2, -0.15) is 0 Å². The largest absolute Gasteiger partial charge is 0.390 e. The third-order valence-corrected chi connectivity index (χ3v) is 7.26. The molecule has 1 heterocycles. The number of aliphatic hydroxyl groups is 1. The number of nitrogen functional groups attached to an aromatic ring is 1. The van der Waals surface area contributed by atoms with E-state index in [1.54, 1.807) is 6.07 Å². The Morgan fingerprint density at radius 2 is 2.03 bits per heavy atom. The summed E-state index contributed by atoms with van der Waals surface area (Å²) in [7, 11) is 0. The highest BCUT2D eigenvalue weighted by molar-refractivity contribution is 14.1. The Labute approximate surface area is 227 Å². The molecule has 0 spiro atoms. The zero-order chi connectivity index (χ0) is 26.7. The number of nitrogens with zero attached hydrogens (tertiary/aromatic N) is 2. The Bertz CT molecular complexity index is 1270. The Morgan fingerprint density at radius 3 is 2.70 bits per heavy atom. The van der Waals surface area contributed by atoms with Gasteiger partial charge in [0, 0.05) is 15.1 Å². The number of amides is 1. The lowest BCUT2D eigenvalue weighted by atomic mass is 9.84. The summed E-state index contributed by atoms with van der Waals surface area (Å²) in [5.41, 5.74) is 7.55. The number of nitrogens with one attached hydrogen (secondary N) is 1. The summed E-state index contributed by atoms with van der Waals surface area (Å²) in [6, 6.07) is 8.12. The predicted octanol–water partition coefficient (Wildman–Crippen LogP) is 5.85. The second-order valence-electron chi connectivity index (χ2n) is 9.33. The van der Waals surface area contributed by atoms with E-state index in [1.807, 2.05) is 29.5 Å². The van der Waals surface area contributed by atoms with Crippen molar-refractivity contribution in [2.75, 3.05) is 5.73 Å². The molecule has 37 heavy (non-hydrogen) atoms. The Hall–Kier alpha value is -2.73. The van der Waals surface area contributed by atoms with Crippen LogP contribution in [-0.4, -0.2) is 33.3 Å². The highest BCUT2D eigenvalue weighted by atomic mass is 127. The summed E-state index contributed by atoms with van der Waals surface area (Å²) in [5.74, 6) is -1.95. The average Bonchev–Trinajstić information content (AvgIpc) is 2.85. The first-order chi connectivity index (χ1) is 17.7. The number of carbonyl (C=O) groups excluding carboxylic acids is 1. The fourth-order valence-electron chi connectivity index (χ4n) is 4.66. The molecular formula is C27H28F3IN4O2. The molecule has 0 aliphatic heterocycles. The molecule has 2 aromatic carbocycles. The van der Waals surface area contributed by atoms with E-state index in [9.17, 15) is 18.7 Å². The molecule has 0 saturated heterocycles. The van der Waals surface area contributed by atoms with E-state index in [-0.39, 0.29) is 29.4 Å². The zero-order valence-corrected chi connectivity index (χ0v) is 22.4. The summed E-state index contributed by atoms with van der Waals surface area (Å²) in [6.45, 7) is 1.95. The number of anilines is 1. The number of halogens is 4. The molecule has 0 unspecified atom stereocenters. The van der Waals surface area contributed by atoms with Gasteiger partial charge in [0.2, 0.25) is 0 Å². The number of aliphatic hydroxyl groups excluding tert-OH is 1. The maximum absolute atomic E-state index is 15.1. The van der Waals surface area contributed by atoms with Gasteiger partial charge in [-0.15, -0.1) is 0 Å². The molecule has 3 aromatic rings. The molecule has 4 rings (SSSR count). The standard InChI is InChI=1S/C27H28F3IN4O2/c1-2-3-22(16-8-17(28)12-18(31)9-16)35-27(37)19-6-4-15(11-20(19)29)25-26(32)33-13-23(34-25)14-5-7-24(36)21(30)10-14/h4,6,8-9,11-14,21-22,24,36H,2-3,5,7,10H2,1H3,(H2,32,33)(H,35,37)/t14-,21-,22+,24-/m0/s1. The third kappa shape index (κ3) is 6.40. The molecule has 4 N–H and O–H groups in total. The SMILES string of the molecule is CCC[C@@H](NC(=O)c1ccc(-c2nc([C@H]3CC[C@H](O)[C@@H](F)C3)cnc2N)cc1F)c1cc(F)cc(I)c1. The van der Waals surface area contributed by atoms with Crippen molar-refractivity contribution in [2.24, 2.45) is 0 Å². The topological polar surface area (TPSA) is 101 Å². The fraction of sp³-hybridized carbons (Fsp3) is 0.370. The van der Waals surface area contributed by atoms with Crippen LogP contribution in [0.2, 0.25) is 0 Å². The Kier molecular flexibility index (Phi) is 8.68. The number of rotatable bonds is 7. The van der Waals surface area contributed by atoms with Crippen LogP contribution in [0.15, 0.2) is 42.6 Å². The van der Waals surface area contributed by atoms with Crippen molar-refractivity contribution < 1.29 is 23.1 Å². The highest BCUT2D eigenvalue weighted by Gasteiger charge is 2.31. The van der Waals surface area contributed by atoms with Crippen molar-refractivity contribution in [3.05, 3.63) is 74.6 Å². The van der Waals surface area contributed by atoms with E-state index in [0.29, 0.717) is 39.7 Å². The second-order valence-corrected chi connectivity index (χ2v) is 10.6. The van der Waals surface area contributed by atoms with Gasteiger partial charge in [-0.05, 0) is 84.2 Å². The molecule has 196 valence electrons. The average molecular weight is 624 g/mol. The van der Waals surface area contributed by atoms with Crippen LogP contribution in [0, 0.1) is 15.2 Å². The summed E-state index contributed by atoms with van der Waals surface area (Å²) in [6.07, 6.45) is 1.44. The Balaban J connectivity index is 1.56. The summed E-state index contributed by atoms with van der Waals surface area (Å²) in [5, 5.41) is 12.5. The maximum atomic E-state index is 15.1. The quantitative estimate of drug-likeness (QED) is 0.287. The molecule has 10 heteroatoms. The summed E-state index contributed by atoms with van der Waals surface area (Å²) in [4.78, 5) is 21.7. The molecule has 1 aromatic heterocycles. The van der Waals surface area contributed by atoms with Crippen LogP contribution in [0.3, 0.4) is 0 Å². The van der Waals surface area contributed by atoms with Gasteiger partial charge < -0.3 is 16.2 Å². The molecular weight excluding hydrogens is 596 g/mol. The lowest BCUT2D eigenvalue weighted by Crippen LogP contribution is -2.30. The van der Waals surface area contributed by atoms with E-state index in [1.165, 1.54) is 36.5 Å². The molecule has 1 aliphatic carbocycles. The lowest BCUT2D eigenvalue weighted by Gasteiger charge is -2.28. The van der Waals surface area contributed by atoms with Gasteiger partial charge in [-0.25, -0.2) is 23.1 Å². The van der Waals surface area contributed by atoms with E-state index >= 15 is 4.39 Å². The van der Waals surface area contributed by atoms with Gasteiger partial charge in [-0.1, -0.05) is 19.4 Å². The molecule has 6 nitrogen and oxygen atoms in total. The van der Waals surface area contributed by atoms with Crippen LogP contribution in [0.25, 0.3) is 11.3 Å². The summed E-state index contributed by atoms with van der Waals surface area (Å²) < 4.78 is 43.8. The van der Waals surface area contributed by atoms with Crippen LogP contribution in [0.1, 0.15) is 72.6 Å². The normalized spacial score (nSPS) is 20.4. The van der Waals surface area contributed by atoms with Crippen LogP contribution in [-0.2, 0) is 0 Å². The Morgan fingerprint density at radius 1 is 1.24 bits per heavy atom. The van der Waals surface area contributed by atoms with Crippen molar-refractivity contribution in [1.82, 2.24) is 15.3 Å². The van der Waals surface area contributed by atoms with Crippen LogP contribution < -0.4 is 11.1 Å². The number of nitrogens with two attached hydrogens (primary N) is 1. The lowest BCUT2D eigenvalue weighted by molar-refractivity contribution is 0.0363. The second kappa shape index (κ2) is 11.8. The van der Waals surface area contributed by atoms with Gasteiger partial charge in [0.1, 0.15) is 29.3 Å². The van der Waals surface area contributed by atoms with Gasteiger partial charge in [0.25, 0.3) is 5.91 Å². The van der Waals surface area contributed by atoms with E-state index in [0.717, 1.165) is 6.42 Å². The molecule has 0 bridgehead atoms. The van der Waals surface area contributed by atoms with Crippen LogP contribution >= 0.6 is 22.6 Å². The smallest absolute Gasteiger partial charge is 0.254 e. The van der Waals surface area contributed by atoms with E-state index in [4.69, 9.17) is 5.73 Å². The first-order valence-corrected chi connectivity index (χ1v) is 13.3. The van der Waals surface area contributed by atoms with Crippen molar-refractivity contribution in [2.45, 2.75) is 63.3 Å². The van der Waals surface area contributed by atoms with E-state index < -0.39 is 35.9 Å². The molecule has 1 aliphatic rings. The van der Waals surface area contributed by atoms with Crippen molar-refractivity contribution in [1.29, 1.82) is 0 Å². The predicted molar refractivity (Wildman–Crippen MR) is 144 cm³/mol. The third-order valence-electron chi connectivity index (χ3n) is 6.63. The number of carbonyl (C=O) groups is 1. The maximum Gasteiger partial charge on any atom is 0.254 e. The molecule has 4 atom stereocenters. The van der Waals surface area contributed by atoms with Crippen LogP contribution in [0.4, 0.5) is 19.0 Å². The molecule has 0 radical (unpaired) electrons. The minimum Gasteiger partial charge on any atom is -0.390 e. The van der Waals surface area contributed by atoms with E-state index in [2.05, 4.69) is 15.3 Å². The number of hydrogen-bond acceptors (Lipinski definition) is 5. The van der Waals surface area contributed by atoms with Gasteiger partial charge in [0.05, 0.1) is 29.6 Å². The number of alkyl halides is 1. The molecule has 1 saturated carbocycles. The fourth-order valence-corrected chi connectivity index (χ4v) is 5.32. The minimum atomic E-state index is -1.34. The highest BCUT2D eigenvalue weighted by Crippen LogP contribution is 2.35. The minimum absolute atomic E-state index is 0.0803. The number of hydrogen-bond donors (Lipinski definition) is 3.